The number of rotatable bonds is 5. The van der Waals surface area contributed by atoms with Crippen molar-refractivity contribution in [1.82, 2.24) is 15.3 Å². The molecule has 7 heteroatoms. The third-order valence-electron chi connectivity index (χ3n) is 5.22. The lowest BCUT2D eigenvalue weighted by Crippen LogP contribution is -2.41. The number of benzene rings is 1. The van der Waals surface area contributed by atoms with Crippen LogP contribution in [0.4, 0.5) is 0 Å². The number of carbonyl (C=O) groups excluding carboxylic acids is 2. The largest absolute Gasteiger partial charge is 0.376 e. The number of carbonyl (C=O) groups is 2. The van der Waals surface area contributed by atoms with Crippen LogP contribution in [0.3, 0.4) is 0 Å². The van der Waals surface area contributed by atoms with E-state index < -0.39 is 11.8 Å². The highest BCUT2D eigenvalue weighted by Gasteiger charge is 2.19. The van der Waals surface area contributed by atoms with E-state index in [1.165, 1.54) is 11.1 Å². The lowest BCUT2D eigenvalue weighted by Gasteiger charge is -2.15. The van der Waals surface area contributed by atoms with Gasteiger partial charge in [0.15, 0.2) is 0 Å². The number of aromatic nitrogens is 1. The monoisotopic (exact) mass is 396 g/mol. The normalized spacial score (nSPS) is 16.3. The number of nitrogens with zero attached hydrogens (tertiary/aromatic N) is 2. The van der Waals surface area contributed by atoms with Crippen LogP contribution in [-0.4, -0.2) is 41.9 Å². The van der Waals surface area contributed by atoms with Gasteiger partial charge in [0.1, 0.15) is 0 Å². The van der Waals surface area contributed by atoms with Crippen LogP contribution in [-0.2, 0) is 14.3 Å². The van der Waals surface area contributed by atoms with E-state index >= 15 is 0 Å². The van der Waals surface area contributed by atoms with E-state index in [2.05, 4.69) is 46.4 Å². The van der Waals surface area contributed by atoms with Gasteiger partial charge in [-0.15, -0.1) is 0 Å². The van der Waals surface area contributed by atoms with E-state index in [-0.39, 0.29) is 6.10 Å². The zero-order valence-corrected chi connectivity index (χ0v) is 17.4. The third-order valence-corrected chi connectivity index (χ3v) is 5.22. The minimum absolute atomic E-state index is 0.00876. The summed E-state index contributed by atoms with van der Waals surface area (Å²) in [5, 5.41) is 6.54. The first-order valence-electron chi connectivity index (χ1n) is 9.87. The summed E-state index contributed by atoms with van der Waals surface area (Å²) < 4.78 is 7.61. The number of nitrogens with one attached hydrogen (secondary N) is 2. The molecule has 0 aliphatic carbocycles. The van der Waals surface area contributed by atoms with Crippen LogP contribution in [0.5, 0.6) is 0 Å². The standard InChI is InChI=1S/C22H28N4O3/c1-14-7-5-8-15(2)20(14)26-16(3)11-18(17(26)4)12-24-25-22(28)21(27)23-13-19-9-6-10-29-19/h5,7-8,11-12,19H,6,9-10,13H2,1-4H3,(H,23,27)(H,25,28). The van der Waals surface area contributed by atoms with Crippen molar-refractivity contribution >= 4 is 18.0 Å². The Labute approximate surface area is 171 Å². The topological polar surface area (TPSA) is 84.7 Å². The quantitative estimate of drug-likeness (QED) is 0.463. The van der Waals surface area contributed by atoms with Crippen molar-refractivity contribution in [2.75, 3.05) is 13.2 Å². The van der Waals surface area contributed by atoms with Gasteiger partial charge in [-0.25, -0.2) is 5.43 Å². The van der Waals surface area contributed by atoms with Crippen molar-refractivity contribution in [2.24, 2.45) is 5.10 Å². The lowest BCUT2D eigenvalue weighted by atomic mass is 10.1. The van der Waals surface area contributed by atoms with Gasteiger partial charge in [-0.05, 0) is 57.7 Å². The zero-order valence-electron chi connectivity index (χ0n) is 17.4. The Morgan fingerprint density at radius 1 is 1.21 bits per heavy atom. The third kappa shape index (κ3) is 4.74. The van der Waals surface area contributed by atoms with E-state index in [1.807, 2.05) is 26.0 Å². The van der Waals surface area contributed by atoms with Crippen molar-refractivity contribution in [3.05, 3.63) is 52.3 Å². The van der Waals surface area contributed by atoms with Crippen LogP contribution >= 0.6 is 0 Å². The molecule has 2 heterocycles. The smallest absolute Gasteiger partial charge is 0.329 e. The first-order valence-corrected chi connectivity index (χ1v) is 9.87. The summed E-state index contributed by atoms with van der Waals surface area (Å²) >= 11 is 0. The summed E-state index contributed by atoms with van der Waals surface area (Å²) in [5.41, 5.74) is 8.78. The molecule has 0 spiro atoms. The molecule has 0 saturated carbocycles. The van der Waals surface area contributed by atoms with E-state index in [9.17, 15) is 9.59 Å². The molecule has 1 atom stereocenters. The van der Waals surface area contributed by atoms with Gasteiger partial charge in [0.2, 0.25) is 0 Å². The van der Waals surface area contributed by atoms with Crippen LogP contribution in [0.1, 0.15) is 40.9 Å². The molecular formula is C22H28N4O3. The van der Waals surface area contributed by atoms with Gasteiger partial charge in [-0.1, -0.05) is 18.2 Å². The molecule has 1 aromatic carbocycles. The van der Waals surface area contributed by atoms with Crippen molar-refractivity contribution < 1.29 is 14.3 Å². The SMILES string of the molecule is Cc1cccc(C)c1-n1c(C)cc(C=NNC(=O)C(=O)NCC2CCCO2)c1C. The maximum absolute atomic E-state index is 11.9. The van der Waals surface area contributed by atoms with Crippen LogP contribution in [0.15, 0.2) is 29.4 Å². The lowest BCUT2D eigenvalue weighted by molar-refractivity contribution is -0.139. The second kappa shape index (κ2) is 9.05. The fourth-order valence-corrected chi connectivity index (χ4v) is 3.72. The predicted octanol–water partition coefficient (Wildman–Crippen LogP) is 2.46. The van der Waals surface area contributed by atoms with Crippen LogP contribution in [0, 0.1) is 27.7 Å². The number of amides is 2. The van der Waals surface area contributed by atoms with Crippen molar-refractivity contribution in [3.63, 3.8) is 0 Å². The van der Waals surface area contributed by atoms with Crippen molar-refractivity contribution in [2.45, 2.75) is 46.6 Å². The van der Waals surface area contributed by atoms with E-state index in [0.29, 0.717) is 13.2 Å². The van der Waals surface area contributed by atoms with Gasteiger partial charge in [-0.2, -0.15) is 5.10 Å². The predicted molar refractivity (Wildman–Crippen MR) is 112 cm³/mol. The van der Waals surface area contributed by atoms with Gasteiger partial charge in [0.05, 0.1) is 18.0 Å². The summed E-state index contributed by atoms with van der Waals surface area (Å²) in [4.78, 5) is 23.8. The molecule has 2 amide bonds. The average Bonchev–Trinajstić information content (AvgIpc) is 3.29. The van der Waals surface area contributed by atoms with Crippen LogP contribution in [0.25, 0.3) is 5.69 Å². The first kappa shape index (κ1) is 20.8. The molecule has 1 aromatic heterocycles. The molecule has 1 fully saturated rings. The second-order valence-electron chi connectivity index (χ2n) is 7.45. The molecule has 1 aliphatic heterocycles. The second-order valence-corrected chi connectivity index (χ2v) is 7.45. The Morgan fingerprint density at radius 2 is 1.93 bits per heavy atom. The highest BCUT2D eigenvalue weighted by Crippen LogP contribution is 2.25. The summed E-state index contributed by atoms with van der Waals surface area (Å²) in [5.74, 6) is -1.50. The number of hydrogen-bond acceptors (Lipinski definition) is 4. The van der Waals surface area contributed by atoms with Crippen LogP contribution in [0.2, 0.25) is 0 Å². The molecule has 3 rings (SSSR count). The molecule has 1 aliphatic rings. The zero-order chi connectivity index (χ0) is 21.0. The molecular weight excluding hydrogens is 368 g/mol. The van der Waals surface area contributed by atoms with Gasteiger partial charge < -0.3 is 14.6 Å². The Balaban J connectivity index is 1.65. The number of para-hydroxylation sites is 1. The molecule has 0 radical (unpaired) electrons. The maximum Gasteiger partial charge on any atom is 0.329 e. The highest BCUT2D eigenvalue weighted by atomic mass is 16.5. The molecule has 2 aromatic rings. The van der Waals surface area contributed by atoms with E-state index in [1.54, 1.807) is 6.21 Å². The Morgan fingerprint density at radius 3 is 2.59 bits per heavy atom. The summed E-state index contributed by atoms with van der Waals surface area (Å²) in [6.07, 6.45) is 3.44. The van der Waals surface area contributed by atoms with Crippen LogP contribution < -0.4 is 10.7 Å². The molecule has 1 unspecified atom stereocenters. The average molecular weight is 396 g/mol. The Hall–Kier alpha value is -2.93. The van der Waals surface area contributed by atoms with Gasteiger partial charge in [0.25, 0.3) is 0 Å². The number of ether oxygens (including phenoxy) is 1. The molecule has 1 saturated heterocycles. The summed E-state index contributed by atoms with van der Waals surface area (Å²) in [6.45, 7) is 9.27. The fourth-order valence-electron chi connectivity index (χ4n) is 3.72. The Kier molecular flexibility index (Phi) is 6.49. The first-order chi connectivity index (χ1) is 13.9. The maximum atomic E-state index is 11.9. The van der Waals surface area contributed by atoms with Crippen molar-refractivity contribution in [1.29, 1.82) is 0 Å². The van der Waals surface area contributed by atoms with E-state index in [0.717, 1.165) is 35.5 Å². The number of hydrogen-bond donors (Lipinski definition) is 2. The fraction of sp³-hybridized carbons (Fsp3) is 0.409. The summed E-state index contributed by atoms with van der Waals surface area (Å²) in [6, 6.07) is 8.23. The highest BCUT2D eigenvalue weighted by molar-refractivity contribution is 6.35. The molecule has 7 nitrogen and oxygen atoms in total. The Bertz CT molecular complexity index is 920. The minimum atomic E-state index is -0.789. The summed E-state index contributed by atoms with van der Waals surface area (Å²) in [7, 11) is 0. The van der Waals surface area contributed by atoms with Gasteiger partial charge >= 0.3 is 11.8 Å². The van der Waals surface area contributed by atoms with Gasteiger partial charge in [-0.3, -0.25) is 9.59 Å². The number of hydrazone groups is 1. The van der Waals surface area contributed by atoms with Crippen molar-refractivity contribution in [3.8, 4) is 5.69 Å². The van der Waals surface area contributed by atoms with E-state index in [4.69, 9.17) is 4.74 Å². The molecule has 29 heavy (non-hydrogen) atoms. The minimum Gasteiger partial charge on any atom is -0.376 e. The number of aryl methyl sites for hydroxylation is 3. The molecule has 2 N–H and O–H groups in total. The molecule has 0 bridgehead atoms. The molecule has 154 valence electrons. The van der Waals surface area contributed by atoms with Gasteiger partial charge in [0, 0.05) is 30.1 Å².